The molecule has 2 aromatic rings. The van der Waals surface area contributed by atoms with Gasteiger partial charge in [0.05, 0.1) is 11.3 Å². The van der Waals surface area contributed by atoms with Crippen molar-refractivity contribution in [1.29, 1.82) is 0 Å². The van der Waals surface area contributed by atoms with Crippen LogP contribution < -0.4 is 10.2 Å². The van der Waals surface area contributed by atoms with Crippen molar-refractivity contribution in [3.8, 4) is 11.3 Å². The van der Waals surface area contributed by atoms with Crippen LogP contribution in [-0.2, 0) is 11.0 Å². The molecule has 28 heavy (non-hydrogen) atoms. The minimum atomic E-state index is -4.74. The number of alkyl halides is 3. The van der Waals surface area contributed by atoms with E-state index in [2.05, 4.69) is 15.3 Å². The lowest BCUT2D eigenvalue weighted by Gasteiger charge is -2.37. The molecule has 0 bridgehead atoms. The Balaban J connectivity index is 1.80. The first-order chi connectivity index (χ1) is 13.1. The number of halogens is 4. The minimum absolute atomic E-state index is 0.0704. The molecule has 2 atom stereocenters. The third-order valence-corrected chi connectivity index (χ3v) is 4.84. The summed E-state index contributed by atoms with van der Waals surface area (Å²) in [5.41, 5.74) is -0.719. The van der Waals surface area contributed by atoms with Crippen molar-refractivity contribution < 1.29 is 22.4 Å². The molecular formula is C19H20F4N4O. The number of aromatic nitrogens is 2. The molecule has 1 aliphatic rings. The molecule has 2 unspecified atom stereocenters. The Morgan fingerprint density at radius 1 is 1.25 bits per heavy atom. The Labute approximate surface area is 159 Å². The van der Waals surface area contributed by atoms with E-state index in [1.807, 2.05) is 11.8 Å². The van der Waals surface area contributed by atoms with Crippen LogP contribution in [0.25, 0.3) is 11.3 Å². The lowest BCUT2D eigenvalue weighted by molar-refractivity contribution is -0.140. The second kappa shape index (κ2) is 7.73. The van der Waals surface area contributed by atoms with Gasteiger partial charge in [0.25, 0.3) is 0 Å². The summed E-state index contributed by atoms with van der Waals surface area (Å²) in [5, 5.41) is 2.93. The van der Waals surface area contributed by atoms with Crippen molar-refractivity contribution in [1.82, 2.24) is 15.3 Å². The molecule has 1 fully saturated rings. The third kappa shape index (κ3) is 4.40. The Kier molecular flexibility index (Phi) is 5.53. The van der Waals surface area contributed by atoms with Crippen LogP contribution in [0.4, 0.5) is 23.4 Å². The number of hydrogen-bond acceptors (Lipinski definition) is 4. The van der Waals surface area contributed by atoms with Crippen LogP contribution in [0, 0.1) is 11.7 Å². The van der Waals surface area contributed by atoms with Gasteiger partial charge in [-0.3, -0.25) is 4.79 Å². The van der Waals surface area contributed by atoms with E-state index in [9.17, 15) is 22.4 Å². The van der Waals surface area contributed by atoms with Crippen LogP contribution in [0.2, 0.25) is 0 Å². The number of carbonyl (C=O) groups is 1. The summed E-state index contributed by atoms with van der Waals surface area (Å²) in [6.45, 7) is 4.83. The number of nitrogens with one attached hydrogen (secondary N) is 1. The van der Waals surface area contributed by atoms with Gasteiger partial charge in [0.2, 0.25) is 5.91 Å². The van der Waals surface area contributed by atoms with Crippen molar-refractivity contribution >= 4 is 11.7 Å². The molecule has 150 valence electrons. The molecule has 1 saturated heterocycles. The zero-order valence-electron chi connectivity index (χ0n) is 15.4. The Morgan fingerprint density at radius 2 is 2.00 bits per heavy atom. The van der Waals surface area contributed by atoms with E-state index in [4.69, 9.17) is 0 Å². The summed E-state index contributed by atoms with van der Waals surface area (Å²) in [6, 6.07) is 4.46. The summed E-state index contributed by atoms with van der Waals surface area (Å²) < 4.78 is 52.1. The zero-order chi connectivity index (χ0) is 20.5. The first kappa shape index (κ1) is 20.0. The van der Waals surface area contributed by atoms with E-state index in [1.165, 1.54) is 19.3 Å². The topological polar surface area (TPSA) is 58.1 Å². The lowest BCUT2D eigenvalue weighted by Crippen LogP contribution is -2.49. The average Bonchev–Trinajstić information content (AvgIpc) is 2.62. The third-order valence-electron chi connectivity index (χ3n) is 4.84. The first-order valence-electron chi connectivity index (χ1n) is 8.86. The highest BCUT2D eigenvalue weighted by atomic mass is 19.4. The average molecular weight is 396 g/mol. The predicted octanol–water partition coefficient (Wildman–Crippen LogP) is 3.65. The summed E-state index contributed by atoms with van der Waals surface area (Å²) >= 11 is 0. The maximum absolute atomic E-state index is 13.9. The van der Waals surface area contributed by atoms with Crippen LogP contribution in [0.5, 0.6) is 0 Å². The molecule has 1 amide bonds. The van der Waals surface area contributed by atoms with Gasteiger partial charge in [-0.05, 0) is 24.5 Å². The highest BCUT2D eigenvalue weighted by Gasteiger charge is 2.34. The summed E-state index contributed by atoms with van der Waals surface area (Å²) in [4.78, 5) is 21.6. The molecular weight excluding hydrogens is 376 g/mol. The van der Waals surface area contributed by atoms with Gasteiger partial charge < -0.3 is 10.2 Å². The number of carbonyl (C=O) groups excluding carboxylic acids is 1. The highest BCUT2D eigenvalue weighted by Crippen LogP contribution is 2.33. The van der Waals surface area contributed by atoms with Gasteiger partial charge in [-0.1, -0.05) is 13.0 Å². The van der Waals surface area contributed by atoms with E-state index >= 15 is 0 Å². The molecule has 3 rings (SSSR count). The van der Waals surface area contributed by atoms with Gasteiger partial charge in [0.1, 0.15) is 18.0 Å². The van der Waals surface area contributed by atoms with Crippen molar-refractivity contribution in [2.24, 2.45) is 5.92 Å². The van der Waals surface area contributed by atoms with Crippen molar-refractivity contribution in [2.45, 2.75) is 32.5 Å². The Bertz CT molecular complexity index is 871. The van der Waals surface area contributed by atoms with Crippen LogP contribution >= 0.6 is 0 Å². The lowest BCUT2D eigenvalue weighted by atomic mass is 9.93. The zero-order valence-corrected chi connectivity index (χ0v) is 15.4. The fourth-order valence-corrected chi connectivity index (χ4v) is 3.41. The molecule has 1 aromatic carbocycles. The van der Waals surface area contributed by atoms with E-state index in [-0.39, 0.29) is 23.4 Å². The smallest absolute Gasteiger partial charge is 0.356 e. The predicted molar refractivity (Wildman–Crippen MR) is 96.0 cm³/mol. The molecule has 5 nitrogen and oxygen atoms in total. The van der Waals surface area contributed by atoms with Gasteiger partial charge >= 0.3 is 6.18 Å². The Hall–Kier alpha value is -2.71. The molecule has 2 heterocycles. The van der Waals surface area contributed by atoms with Crippen LogP contribution in [-0.4, -0.2) is 35.0 Å². The monoisotopic (exact) mass is 396 g/mol. The van der Waals surface area contributed by atoms with E-state index < -0.39 is 17.6 Å². The Morgan fingerprint density at radius 3 is 2.61 bits per heavy atom. The normalized spacial score (nSPS) is 20.1. The SMILES string of the molecule is CC(=O)NC1CCN(c2cc(-c3ccc(C(F)(F)F)c(F)c3)ncn2)CC1C. The summed E-state index contributed by atoms with van der Waals surface area (Å²) in [5.74, 6) is -0.605. The number of benzene rings is 1. The molecule has 9 heteroatoms. The second-order valence-electron chi connectivity index (χ2n) is 6.97. The van der Waals surface area contributed by atoms with Gasteiger partial charge in [-0.15, -0.1) is 0 Å². The van der Waals surface area contributed by atoms with E-state index in [0.717, 1.165) is 12.5 Å². The summed E-state index contributed by atoms with van der Waals surface area (Å²) in [6.07, 6.45) is -2.69. The second-order valence-corrected chi connectivity index (χ2v) is 6.97. The molecule has 1 N–H and O–H groups in total. The summed E-state index contributed by atoms with van der Waals surface area (Å²) in [7, 11) is 0. The van der Waals surface area contributed by atoms with Crippen molar-refractivity contribution in [2.75, 3.05) is 18.0 Å². The first-order valence-corrected chi connectivity index (χ1v) is 8.86. The molecule has 0 spiro atoms. The number of piperidine rings is 1. The van der Waals surface area contributed by atoms with Gasteiger partial charge in [0, 0.05) is 37.7 Å². The fourth-order valence-electron chi connectivity index (χ4n) is 3.41. The number of anilines is 1. The highest BCUT2D eigenvalue weighted by molar-refractivity contribution is 5.73. The van der Waals surface area contributed by atoms with Gasteiger partial charge in [0.15, 0.2) is 0 Å². The van der Waals surface area contributed by atoms with Crippen LogP contribution in [0.1, 0.15) is 25.8 Å². The largest absolute Gasteiger partial charge is 0.419 e. The maximum atomic E-state index is 13.9. The fraction of sp³-hybridized carbons (Fsp3) is 0.421. The molecule has 1 aliphatic heterocycles. The van der Waals surface area contributed by atoms with Crippen molar-refractivity contribution in [3.05, 3.63) is 42.0 Å². The van der Waals surface area contributed by atoms with E-state index in [0.29, 0.717) is 30.7 Å². The number of nitrogens with zero attached hydrogens (tertiary/aromatic N) is 3. The molecule has 1 aromatic heterocycles. The molecule has 0 aliphatic carbocycles. The quantitative estimate of drug-likeness (QED) is 0.805. The van der Waals surface area contributed by atoms with Crippen LogP contribution in [0.3, 0.4) is 0 Å². The number of amides is 1. The molecule has 0 saturated carbocycles. The van der Waals surface area contributed by atoms with Gasteiger partial charge in [-0.2, -0.15) is 13.2 Å². The molecule has 0 radical (unpaired) electrons. The number of rotatable bonds is 3. The van der Waals surface area contributed by atoms with Crippen LogP contribution in [0.15, 0.2) is 30.6 Å². The van der Waals surface area contributed by atoms with Gasteiger partial charge in [-0.25, -0.2) is 14.4 Å². The maximum Gasteiger partial charge on any atom is 0.419 e. The van der Waals surface area contributed by atoms with E-state index in [1.54, 1.807) is 6.07 Å². The minimum Gasteiger partial charge on any atom is -0.356 e. The van der Waals surface area contributed by atoms with Crippen molar-refractivity contribution in [3.63, 3.8) is 0 Å². The standard InChI is InChI=1S/C19H20F4N4O/c1-11-9-27(6-5-16(11)26-12(2)28)18-8-17(24-10-25-18)13-3-4-14(15(20)7-13)19(21,22)23/h3-4,7-8,10-11,16H,5-6,9H2,1-2H3,(H,26,28). The number of hydrogen-bond donors (Lipinski definition) is 1.